The Kier molecular flexibility index (Phi) is 3.23. The first-order chi connectivity index (χ1) is 15.1. The highest BCUT2D eigenvalue weighted by molar-refractivity contribution is 5.80. The Morgan fingerprint density at radius 2 is 1.52 bits per heavy atom. The van der Waals surface area contributed by atoms with Gasteiger partial charge < -0.3 is 0 Å². The molecule has 1 aliphatic heterocycles. The molecule has 0 radical (unpaired) electrons. The molecule has 0 spiro atoms. The maximum atomic E-state index is 2.54. The van der Waals surface area contributed by atoms with E-state index in [9.17, 15) is 0 Å². The van der Waals surface area contributed by atoms with E-state index in [1.807, 2.05) is 0 Å². The van der Waals surface area contributed by atoms with E-state index in [4.69, 9.17) is 0 Å². The van der Waals surface area contributed by atoms with E-state index in [0.29, 0.717) is 5.92 Å². The summed E-state index contributed by atoms with van der Waals surface area (Å²) >= 11 is 0. The van der Waals surface area contributed by atoms with Crippen molar-refractivity contribution >= 4 is 0 Å². The number of nitrogens with zero attached hydrogens (tertiary/aromatic N) is 1. The van der Waals surface area contributed by atoms with Crippen LogP contribution in [0.4, 0.5) is 0 Å². The van der Waals surface area contributed by atoms with Crippen molar-refractivity contribution in [3.8, 4) is 11.1 Å². The second-order valence-electron chi connectivity index (χ2n) is 9.99. The van der Waals surface area contributed by atoms with Crippen molar-refractivity contribution in [2.75, 3.05) is 0 Å². The predicted molar refractivity (Wildman–Crippen MR) is 125 cm³/mol. The molecule has 2 aliphatic carbocycles. The SMILES string of the molecule is Cc1ccc2c3c1C(C)(C)[n+]1ccccc1C3c1c(ccc3c1Cc1ccccc1-3)C2. The minimum Gasteiger partial charge on any atom is -0.192 e. The number of aromatic nitrogens is 1. The molecule has 0 N–H and O–H groups in total. The highest BCUT2D eigenvalue weighted by Gasteiger charge is 2.49. The van der Waals surface area contributed by atoms with Gasteiger partial charge in [0, 0.05) is 31.5 Å². The van der Waals surface area contributed by atoms with Gasteiger partial charge in [-0.3, -0.25) is 0 Å². The molecule has 1 atom stereocenters. The monoisotopic (exact) mass is 400 g/mol. The van der Waals surface area contributed by atoms with Crippen molar-refractivity contribution in [3.63, 3.8) is 0 Å². The van der Waals surface area contributed by atoms with E-state index in [0.717, 1.165) is 12.8 Å². The summed E-state index contributed by atoms with van der Waals surface area (Å²) in [5.74, 6) is 0.312. The maximum Gasteiger partial charge on any atom is 0.194 e. The fraction of sp³-hybridized carbons (Fsp3) is 0.233. The first kappa shape index (κ1) is 17.5. The van der Waals surface area contributed by atoms with Gasteiger partial charge in [-0.2, -0.15) is 4.57 Å². The Bertz CT molecular complexity index is 1420. The van der Waals surface area contributed by atoms with Gasteiger partial charge in [0.2, 0.25) is 0 Å². The molecule has 1 heteroatoms. The van der Waals surface area contributed by atoms with Crippen LogP contribution in [0.3, 0.4) is 0 Å². The van der Waals surface area contributed by atoms with Crippen LogP contribution in [0.2, 0.25) is 0 Å². The Labute approximate surface area is 184 Å². The number of hydrogen-bond donors (Lipinski definition) is 0. The Hall–Kier alpha value is -3.19. The molecule has 0 bridgehead atoms. The van der Waals surface area contributed by atoms with Crippen LogP contribution in [0.15, 0.2) is 72.9 Å². The summed E-state index contributed by atoms with van der Waals surface area (Å²) in [4.78, 5) is 0. The first-order valence-corrected chi connectivity index (χ1v) is 11.4. The molecule has 0 saturated heterocycles. The molecule has 31 heavy (non-hydrogen) atoms. The van der Waals surface area contributed by atoms with E-state index < -0.39 is 0 Å². The Balaban J connectivity index is 1.59. The van der Waals surface area contributed by atoms with Gasteiger partial charge in [-0.05, 0) is 69.8 Å². The quantitative estimate of drug-likeness (QED) is 0.274. The molecule has 0 saturated carbocycles. The van der Waals surface area contributed by atoms with E-state index in [2.05, 4.69) is 98.3 Å². The normalized spacial score (nSPS) is 18.5. The zero-order valence-corrected chi connectivity index (χ0v) is 18.4. The lowest BCUT2D eigenvalue weighted by Gasteiger charge is -2.40. The van der Waals surface area contributed by atoms with E-state index >= 15 is 0 Å². The zero-order chi connectivity index (χ0) is 20.9. The minimum absolute atomic E-state index is 0.0546. The highest BCUT2D eigenvalue weighted by atomic mass is 15.1. The van der Waals surface area contributed by atoms with Crippen molar-refractivity contribution in [1.29, 1.82) is 0 Å². The third-order valence-corrected chi connectivity index (χ3v) is 8.03. The third kappa shape index (κ3) is 2.09. The first-order valence-electron chi connectivity index (χ1n) is 11.4. The average molecular weight is 401 g/mol. The summed E-state index contributed by atoms with van der Waals surface area (Å²) in [7, 11) is 0. The molecular weight excluding hydrogens is 374 g/mol. The second kappa shape index (κ2) is 5.73. The van der Waals surface area contributed by atoms with Gasteiger partial charge in [0.05, 0.1) is 5.92 Å². The Morgan fingerprint density at radius 1 is 0.742 bits per heavy atom. The standard InChI is InChI=1S/C30H26N/c1-18-11-12-21-16-20-13-14-23-22-9-5-4-8-19(22)17-24(23)26(20)28-25-10-6-7-15-31(25)30(2,3)29(18)27(21)28/h4-15,28H,16-17H2,1-3H3/q+1. The fourth-order valence-corrected chi connectivity index (χ4v) is 6.83. The number of hydrogen-bond acceptors (Lipinski definition) is 0. The van der Waals surface area contributed by atoms with Crippen LogP contribution in [0.1, 0.15) is 70.0 Å². The number of benzene rings is 3. The summed E-state index contributed by atoms with van der Waals surface area (Å²) in [5.41, 5.74) is 16.4. The third-order valence-electron chi connectivity index (χ3n) is 8.03. The van der Waals surface area contributed by atoms with Crippen LogP contribution < -0.4 is 4.57 Å². The fourth-order valence-electron chi connectivity index (χ4n) is 6.83. The Morgan fingerprint density at radius 3 is 2.42 bits per heavy atom. The van der Waals surface area contributed by atoms with Crippen LogP contribution in [-0.4, -0.2) is 0 Å². The lowest BCUT2D eigenvalue weighted by molar-refractivity contribution is -0.756. The molecule has 7 rings (SSSR count). The summed E-state index contributed by atoms with van der Waals surface area (Å²) in [5, 5.41) is 0. The van der Waals surface area contributed by atoms with Gasteiger partial charge in [-0.1, -0.05) is 54.6 Å². The van der Waals surface area contributed by atoms with Crippen molar-refractivity contribution in [2.24, 2.45) is 0 Å². The smallest absolute Gasteiger partial charge is 0.192 e. The molecule has 1 unspecified atom stereocenters. The van der Waals surface area contributed by atoms with Gasteiger partial charge in [0.1, 0.15) is 0 Å². The maximum absolute atomic E-state index is 2.54. The topological polar surface area (TPSA) is 3.88 Å². The molecule has 1 aromatic heterocycles. The summed E-state index contributed by atoms with van der Waals surface area (Å²) in [6.07, 6.45) is 4.38. The predicted octanol–water partition coefficient (Wildman–Crippen LogP) is 6.03. The van der Waals surface area contributed by atoms with Crippen molar-refractivity contribution in [3.05, 3.63) is 123 Å². The van der Waals surface area contributed by atoms with E-state index in [-0.39, 0.29) is 5.54 Å². The van der Waals surface area contributed by atoms with Gasteiger partial charge in [-0.15, -0.1) is 0 Å². The minimum atomic E-state index is -0.0546. The molecule has 150 valence electrons. The van der Waals surface area contributed by atoms with Gasteiger partial charge in [0.15, 0.2) is 17.4 Å². The van der Waals surface area contributed by atoms with E-state index in [1.54, 1.807) is 16.7 Å². The number of fused-ring (bicyclic) bond motifs is 8. The molecule has 0 amide bonds. The second-order valence-corrected chi connectivity index (χ2v) is 9.99. The highest BCUT2D eigenvalue weighted by Crippen LogP contribution is 2.52. The molecule has 4 aromatic rings. The molecule has 2 heterocycles. The lowest BCUT2D eigenvalue weighted by Crippen LogP contribution is -2.60. The van der Waals surface area contributed by atoms with Crippen LogP contribution in [0.5, 0.6) is 0 Å². The zero-order valence-electron chi connectivity index (χ0n) is 18.4. The number of aryl methyl sites for hydroxylation is 1. The summed E-state index contributed by atoms with van der Waals surface area (Å²) < 4.78 is 2.54. The molecule has 1 nitrogen and oxygen atoms in total. The van der Waals surface area contributed by atoms with Gasteiger partial charge >= 0.3 is 0 Å². The molecule has 0 fully saturated rings. The number of pyridine rings is 1. The molecular formula is C30H26N+. The van der Waals surface area contributed by atoms with Gasteiger partial charge in [0.25, 0.3) is 0 Å². The molecule has 3 aliphatic rings. The van der Waals surface area contributed by atoms with Crippen LogP contribution in [0, 0.1) is 6.92 Å². The van der Waals surface area contributed by atoms with Crippen molar-refractivity contribution in [2.45, 2.75) is 45.1 Å². The lowest BCUT2D eigenvalue weighted by atomic mass is 9.66. The summed E-state index contributed by atoms with van der Waals surface area (Å²) in [6, 6.07) is 25.2. The van der Waals surface area contributed by atoms with Crippen LogP contribution in [0.25, 0.3) is 11.1 Å². The van der Waals surface area contributed by atoms with E-state index in [1.165, 1.54) is 44.6 Å². The van der Waals surface area contributed by atoms with Crippen LogP contribution in [-0.2, 0) is 18.4 Å². The number of rotatable bonds is 0. The largest absolute Gasteiger partial charge is 0.194 e. The van der Waals surface area contributed by atoms with Crippen molar-refractivity contribution in [1.82, 2.24) is 0 Å². The average Bonchev–Trinajstić information content (AvgIpc) is 3.16. The molecule has 3 aromatic carbocycles. The van der Waals surface area contributed by atoms with Crippen LogP contribution >= 0.6 is 0 Å². The summed E-state index contributed by atoms with van der Waals surface area (Å²) in [6.45, 7) is 7.07. The van der Waals surface area contributed by atoms with Gasteiger partial charge in [-0.25, -0.2) is 0 Å². The van der Waals surface area contributed by atoms with Crippen molar-refractivity contribution < 1.29 is 4.57 Å².